The normalized spacial score (nSPS) is 12.6. The summed E-state index contributed by atoms with van der Waals surface area (Å²) in [5.41, 5.74) is 0. The number of methoxy groups -OCH3 is 1. The number of benzene rings is 1. The maximum absolute atomic E-state index is 10.8. The lowest BCUT2D eigenvalue weighted by atomic mass is 10.3. The van der Waals surface area contributed by atoms with Gasteiger partial charge in [0.25, 0.3) is 0 Å². The summed E-state index contributed by atoms with van der Waals surface area (Å²) >= 11 is 0. The Labute approximate surface area is 72.8 Å². The van der Waals surface area contributed by atoms with Crippen molar-refractivity contribution in [2.45, 2.75) is 4.90 Å². The smallest absolute Gasteiger partial charge is 0.214 e. The first-order valence-electron chi connectivity index (χ1n) is 2.96. The molecule has 0 aliphatic carbocycles. The lowest BCUT2D eigenvalue weighted by Gasteiger charge is -2.04. The van der Waals surface area contributed by atoms with E-state index in [-0.39, 0.29) is 0 Å². The minimum absolute atomic E-state index is 0.511. The fourth-order valence-corrected chi connectivity index (χ4v) is 1.63. The second kappa shape index (κ2) is 3.85. The predicted molar refractivity (Wildman–Crippen MR) is 45.3 cm³/mol. The van der Waals surface area contributed by atoms with Gasteiger partial charge in [-0.05, 0) is 12.1 Å². The largest absolute Gasteiger partial charge is 0.594 e. The topological polar surface area (TPSA) is 32.3 Å². The Balaban J connectivity index is 3.02. The van der Waals surface area contributed by atoms with Gasteiger partial charge in [-0.15, -0.1) is 0 Å². The third-order valence-corrected chi connectivity index (χ3v) is 2.42. The Morgan fingerprint density at radius 3 is 2.55 bits per heavy atom. The average Bonchev–Trinajstić information content (AvgIpc) is 2.04. The Morgan fingerprint density at radius 2 is 2.09 bits per heavy atom. The van der Waals surface area contributed by atoms with Crippen LogP contribution in [0.5, 0.6) is 5.75 Å². The van der Waals surface area contributed by atoms with Crippen LogP contribution in [-0.4, -0.2) is 11.7 Å². The maximum Gasteiger partial charge on any atom is 0.214 e. The number of para-hydroxylation sites is 1. The lowest BCUT2D eigenvalue weighted by Crippen LogP contribution is -1.94. The van der Waals surface area contributed by atoms with E-state index >= 15 is 0 Å². The molecule has 0 aromatic heterocycles. The molecule has 0 aliphatic rings. The van der Waals surface area contributed by atoms with E-state index in [0.717, 1.165) is 0 Å². The maximum atomic E-state index is 10.8. The van der Waals surface area contributed by atoms with Gasteiger partial charge in [0, 0.05) is 0 Å². The van der Waals surface area contributed by atoms with Crippen molar-refractivity contribution in [2.75, 3.05) is 7.11 Å². The summed E-state index contributed by atoms with van der Waals surface area (Å²) in [4.78, 5) is 0.511. The highest BCUT2D eigenvalue weighted by Crippen LogP contribution is 2.25. The summed E-state index contributed by atoms with van der Waals surface area (Å²) in [7, 11) is 5.40. The molecule has 0 amide bonds. The fraction of sp³-hybridized carbons (Fsp3) is 0.143. The van der Waals surface area contributed by atoms with E-state index in [4.69, 9.17) is 15.4 Å². The molecule has 1 atom stereocenters. The van der Waals surface area contributed by atoms with E-state index in [0.29, 0.717) is 10.6 Å². The zero-order valence-corrected chi connectivity index (χ0v) is 7.48. The van der Waals surface area contributed by atoms with Crippen LogP contribution in [0.1, 0.15) is 0 Å². The monoisotopic (exact) mass is 190 g/mol. The Bertz CT molecular complexity index is 240. The van der Waals surface area contributed by atoms with E-state index in [1.54, 1.807) is 24.3 Å². The third-order valence-electron chi connectivity index (χ3n) is 1.24. The summed E-state index contributed by atoms with van der Waals surface area (Å²) in [6.07, 6.45) is 0. The summed E-state index contributed by atoms with van der Waals surface area (Å²) < 4.78 is 15.8. The summed E-state index contributed by atoms with van der Waals surface area (Å²) in [6, 6.07) is 6.95. The Hall–Kier alpha value is -0.380. The Morgan fingerprint density at radius 1 is 1.45 bits per heavy atom. The van der Waals surface area contributed by atoms with Crippen LogP contribution in [0.15, 0.2) is 29.2 Å². The highest BCUT2D eigenvalue weighted by Gasteiger charge is 2.13. The lowest BCUT2D eigenvalue weighted by molar-refractivity contribution is 0.403. The number of hydrogen-bond donors (Lipinski definition) is 0. The van der Waals surface area contributed by atoms with Crippen LogP contribution >= 0.6 is 10.7 Å². The van der Waals surface area contributed by atoms with Gasteiger partial charge in [-0.25, -0.2) is 0 Å². The second-order valence-corrected chi connectivity index (χ2v) is 3.60. The SMILES string of the molecule is COc1ccccc1[S+]([O-])Cl. The third kappa shape index (κ3) is 2.02. The van der Waals surface area contributed by atoms with Crippen molar-refractivity contribution in [3.8, 4) is 5.75 Å². The highest BCUT2D eigenvalue weighted by atomic mass is 35.7. The van der Waals surface area contributed by atoms with Crippen LogP contribution in [0, 0.1) is 0 Å². The van der Waals surface area contributed by atoms with Gasteiger partial charge in [0.05, 0.1) is 7.11 Å². The molecule has 11 heavy (non-hydrogen) atoms. The summed E-state index contributed by atoms with van der Waals surface area (Å²) in [5, 5.41) is 0. The van der Waals surface area contributed by atoms with Crippen LogP contribution in [0.2, 0.25) is 0 Å². The van der Waals surface area contributed by atoms with E-state index in [1.807, 2.05) is 0 Å². The van der Waals surface area contributed by atoms with Crippen molar-refractivity contribution in [1.29, 1.82) is 0 Å². The van der Waals surface area contributed by atoms with Gasteiger partial charge in [0.15, 0.2) is 16.4 Å². The molecular formula is C7H7ClO2S. The van der Waals surface area contributed by atoms with Crippen LogP contribution in [0.4, 0.5) is 0 Å². The molecule has 1 unspecified atom stereocenters. The van der Waals surface area contributed by atoms with Crippen LogP contribution in [0.3, 0.4) is 0 Å². The Kier molecular flexibility index (Phi) is 3.05. The number of ether oxygens (including phenoxy) is 1. The van der Waals surface area contributed by atoms with Crippen molar-refractivity contribution in [1.82, 2.24) is 0 Å². The van der Waals surface area contributed by atoms with Gasteiger partial charge in [0.1, 0.15) is 10.4 Å². The molecule has 0 saturated carbocycles. The zero-order chi connectivity index (χ0) is 8.27. The van der Waals surface area contributed by atoms with Gasteiger partial charge >= 0.3 is 0 Å². The van der Waals surface area contributed by atoms with E-state index in [2.05, 4.69) is 0 Å². The first-order valence-corrected chi connectivity index (χ1v) is 4.94. The molecule has 0 N–H and O–H groups in total. The van der Waals surface area contributed by atoms with Crippen LogP contribution in [-0.2, 0) is 10.4 Å². The van der Waals surface area contributed by atoms with Crippen molar-refractivity contribution in [3.05, 3.63) is 24.3 Å². The predicted octanol–water partition coefficient (Wildman–Crippen LogP) is 1.96. The van der Waals surface area contributed by atoms with Crippen molar-refractivity contribution in [2.24, 2.45) is 0 Å². The molecule has 1 aromatic rings. The number of rotatable bonds is 2. The van der Waals surface area contributed by atoms with Gasteiger partial charge < -0.3 is 9.29 Å². The molecule has 2 nitrogen and oxygen atoms in total. The summed E-state index contributed by atoms with van der Waals surface area (Å²) in [5.74, 6) is 0.556. The molecule has 0 heterocycles. The molecule has 1 rings (SSSR count). The van der Waals surface area contributed by atoms with Crippen LogP contribution < -0.4 is 4.74 Å². The molecule has 4 heteroatoms. The molecule has 1 aromatic carbocycles. The highest BCUT2D eigenvalue weighted by molar-refractivity contribution is 8.13. The molecule has 0 spiro atoms. The van der Waals surface area contributed by atoms with E-state index in [9.17, 15) is 4.55 Å². The van der Waals surface area contributed by atoms with Crippen molar-refractivity contribution >= 4 is 21.1 Å². The van der Waals surface area contributed by atoms with Crippen LogP contribution in [0.25, 0.3) is 0 Å². The summed E-state index contributed by atoms with van der Waals surface area (Å²) in [6.45, 7) is 0. The number of hydrogen-bond acceptors (Lipinski definition) is 2. The van der Waals surface area contributed by atoms with Gasteiger partial charge in [-0.2, -0.15) is 0 Å². The standard InChI is InChI=1S/C7H7ClO2S/c1-10-6-4-2-3-5-7(6)11(8)9/h2-5H,1H3. The van der Waals surface area contributed by atoms with Gasteiger partial charge in [-0.1, -0.05) is 12.1 Å². The van der Waals surface area contributed by atoms with E-state index in [1.165, 1.54) is 7.11 Å². The fourth-order valence-electron chi connectivity index (χ4n) is 0.751. The molecular weight excluding hydrogens is 184 g/mol. The van der Waals surface area contributed by atoms with Gasteiger partial charge in [0.2, 0.25) is 4.90 Å². The van der Waals surface area contributed by atoms with Crippen molar-refractivity contribution < 1.29 is 9.29 Å². The quantitative estimate of drug-likeness (QED) is 0.668. The molecule has 0 bridgehead atoms. The van der Waals surface area contributed by atoms with Gasteiger partial charge in [-0.3, -0.25) is 0 Å². The molecule has 60 valence electrons. The molecule has 0 saturated heterocycles. The molecule has 0 radical (unpaired) electrons. The second-order valence-electron chi connectivity index (χ2n) is 1.87. The zero-order valence-electron chi connectivity index (χ0n) is 5.91. The first-order chi connectivity index (χ1) is 5.25. The number of halogens is 1. The minimum Gasteiger partial charge on any atom is -0.594 e. The van der Waals surface area contributed by atoms with E-state index < -0.39 is 10.4 Å². The van der Waals surface area contributed by atoms with Crippen molar-refractivity contribution in [3.63, 3.8) is 0 Å². The minimum atomic E-state index is -1.49. The molecule has 0 fully saturated rings. The molecule has 0 aliphatic heterocycles. The average molecular weight is 191 g/mol. The first kappa shape index (κ1) is 8.71.